The Kier molecular flexibility index (Phi) is 5.66. The lowest BCUT2D eigenvalue weighted by molar-refractivity contribution is 0.0936. The molecule has 0 atom stereocenters. The Labute approximate surface area is 116 Å². The molecule has 8 N–H and O–H groups in total. The van der Waals surface area contributed by atoms with Crippen LogP contribution in [0.5, 0.6) is 0 Å². The molecule has 0 aliphatic heterocycles. The molecular weight excluding hydrogens is 262 g/mol. The number of nitrogens with one attached hydrogen (secondary N) is 2. The SMILES string of the molecule is CCCNC(=O)c1nc(N)c(C(=O)NCCN)nc1N. The molecule has 0 spiro atoms. The van der Waals surface area contributed by atoms with Gasteiger partial charge in [0.1, 0.15) is 0 Å². The minimum Gasteiger partial charge on any atom is -0.382 e. The molecule has 0 aliphatic carbocycles. The first-order chi connectivity index (χ1) is 9.51. The van der Waals surface area contributed by atoms with Crippen molar-refractivity contribution in [2.24, 2.45) is 5.73 Å². The van der Waals surface area contributed by atoms with Gasteiger partial charge in [0.2, 0.25) is 0 Å². The molecule has 0 aromatic carbocycles. The second-order valence-electron chi connectivity index (χ2n) is 3.99. The van der Waals surface area contributed by atoms with Gasteiger partial charge < -0.3 is 27.8 Å². The highest BCUT2D eigenvalue weighted by Gasteiger charge is 2.19. The Bertz CT molecular complexity index is 458. The molecule has 110 valence electrons. The Morgan fingerprint density at radius 2 is 1.45 bits per heavy atom. The van der Waals surface area contributed by atoms with Gasteiger partial charge in [-0.25, -0.2) is 9.97 Å². The second kappa shape index (κ2) is 7.24. The van der Waals surface area contributed by atoms with E-state index in [1.807, 2.05) is 6.92 Å². The summed E-state index contributed by atoms with van der Waals surface area (Å²) < 4.78 is 0. The zero-order chi connectivity index (χ0) is 15.1. The molecule has 9 heteroatoms. The lowest BCUT2D eigenvalue weighted by Gasteiger charge is -2.09. The lowest BCUT2D eigenvalue weighted by Crippen LogP contribution is -2.32. The first-order valence-electron chi connectivity index (χ1n) is 6.20. The van der Waals surface area contributed by atoms with E-state index < -0.39 is 11.8 Å². The van der Waals surface area contributed by atoms with Crippen molar-refractivity contribution in [3.63, 3.8) is 0 Å². The normalized spacial score (nSPS) is 10.1. The average molecular weight is 281 g/mol. The Morgan fingerprint density at radius 1 is 1.00 bits per heavy atom. The first-order valence-corrected chi connectivity index (χ1v) is 6.20. The molecule has 0 aliphatic rings. The molecule has 9 nitrogen and oxygen atoms in total. The predicted molar refractivity (Wildman–Crippen MR) is 74.9 cm³/mol. The number of rotatable bonds is 6. The van der Waals surface area contributed by atoms with Crippen molar-refractivity contribution in [1.29, 1.82) is 0 Å². The van der Waals surface area contributed by atoms with Gasteiger partial charge in [0.25, 0.3) is 11.8 Å². The van der Waals surface area contributed by atoms with Crippen LogP contribution in [0.25, 0.3) is 0 Å². The van der Waals surface area contributed by atoms with Crippen LogP contribution in [0.1, 0.15) is 34.3 Å². The summed E-state index contributed by atoms with van der Waals surface area (Å²) in [7, 11) is 0. The zero-order valence-electron chi connectivity index (χ0n) is 11.3. The van der Waals surface area contributed by atoms with E-state index >= 15 is 0 Å². The zero-order valence-corrected chi connectivity index (χ0v) is 11.3. The number of hydrogen-bond acceptors (Lipinski definition) is 7. The van der Waals surface area contributed by atoms with Crippen molar-refractivity contribution in [1.82, 2.24) is 20.6 Å². The van der Waals surface area contributed by atoms with Gasteiger partial charge in [-0.2, -0.15) is 0 Å². The summed E-state index contributed by atoms with van der Waals surface area (Å²) in [5, 5.41) is 5.10. The maximum absolute atomic E-state index is 11.8. The maximum Gasteiger partial charge on any atom is 0.273 e. The highest BCUT2D eigenvalue weighted by atomic mass is 16.2. The Balaban J connectivity index is 2.96. The van der Waals surface area contributed by atoms with E-state index in [9.17, 15) is 9.59 Å². The highest BCUT2D eigenvalue weighted by Crippen LogP contribution is 2.12. The number of amides is 2. The van der Waals surface area contributed by atoms with Crippen LogP contribution in [0, 0.1) is 0 Å². The summed E-state index contributed by atoms with van der Waals surface area (Å²) in [4.78, 5) is 31.2. The topological polar surface area (TPSA) is 162 Å². The third kappa shape index (κ3) is 3.79. The lowest BCUT2D eigenvalue weighted by atomic mass is 10.3. The van der Waals surface area contributed by atoms with Crippen LogP contribution in [0.3, 0.4) is 0 Å². The summed E-state index contributed by atoms with van der Waals surface area (Å²) in [6.45, 7) is 2.96. The molecule has 0 fully saturated rings. The van der Waals surface area contributed by atoms with Gasteiger partial charge in [-0.15, -0.1) is 0 Å². The van der Waals surface area contributed by atoms with Crippen molar-refractivity contribution in [2.75, 3.05) is 31.1 Å². The number of nitrogens with two attached hydrogens (primary N) is 3. The molecule has 1 aromatic heterocycles. The number of aromatic nitrogens is 2. The van der Waals surface area contributed by atoms with Crippen molar-refractivity contribution < 1.29 is 9.59 Å². The number of anilines is 2. The van der Waals surface area contributed by atoms with Crippen LogP contribution in [0.15, 0.2) is 0 Å². The van der Waals surface area contributed by atoms with Crippen molar-refractivity contribution >= 4 is 23.5 Å². The molecule has 2 amide bonds. The van der Waals surface area contributed by atoms with E-state index in [1.165, 1.54) is 0 Å². The minimum atomic E-state index is -0.535. The quantitative estimate of drug-likeness (QED) is 0.422. The van der Waals surface area contributed by atoms with E-state index in [-0.39, 0.29) is 36.1 Å². The number of nitrogens with zero attached hydrogens (tertiary/aromatic N) is 2. The predicted octanol–water partition coefficient (Wildman–Crippen LogP) is -1.53. The first kappa shape index (κ1) is 15.6. The summed E-state index contributed by atoms with van der Waals surface area (Å²) in [6, 6.07) is 0. The fourth-order valence-corrected chi connectivity index (χ4v) is 1.39. The summed E-state index contributed by atoms with van der Waals surface area (Å²) in [5.74, 6) is -1.31. The van der Waals surface area contributed by atoms with E-state index in [4.69, 9.17) is 17.2 Å². The number of nitrogen functional groups attached to an aromatic ring is 2. The highest BCUT2D eigenvalue weighted by molar-refractivity contribution is 6.00. The van der Waals surface area contributed by atoms with Gasteiger partial charge in [-0.3, -0.25) is 9.59 Å². The molecule has 1 aromatic rings. The fraction of sp³-hybridized carbons (Fsp3) is 0.455. The number of hydrogen-bond donors (Lipinski definition) is 5. The molecule has 0 saturated heterocycles. The molecule has 0 radical (unpaired) electrons. The molecule has 0 saturated carbocycles. The van der Waals surface area contributed by atoms with Gasteiger partial charge in [0, 0.05) is 19.6 Å². The van der Waals surface area contributed by atoms with E-state index in [0.717, 1.165) is 6.42 Å². The average Bonchev–Trinajstić information content (AvgIpc) is 2.44. The van der Waals surface area contributed by atoms with Crippen LogP contribution in [0.4, 0.5) is 11.6 Å². The summed E-state index contributed by atoms with van der Waals surface area (Å²) >= 11 is 0. The summed E-state index contributed by atoms with van der Waals surface area (Å²) in [5.41, 5.74) is 16.3. The Morgan fingerprint density at radius 3 is 1.85 bits per heavy atom. The van der Waals surface area contributed by atoms with Crippen LogP contribution in [0.2, 0.25) is 0 Å². The fourth-order valence-electron chi connectivity index (χ4n) is 1.39. The molecule has 1 rings (SSSR count). The van der Waals surface area contributed by atoms with Gasteiger partial charge in [-0.1, -0.05) is 6.92 Å². The second-order valence-corrected chi connectivity index (χ2v) is 3.99. The number of carbonyl (C=O) groups excluding carboxylic acids is 2. The van der Waals surface area contributed by atoms with Crippen molar-refractivity contribution in [3.8, 4) is 0 Å². The van der Waals surface area contributed by atoms with E-state index in [2.05, 4.69) is 20.6 Å². The van der Waals surface area contributed by atoms with E-state index in [0.29, 0.717) is 6.54 Å². The van der Waals surface area contributed by atoms with Crippen LogP contribution >= 0.6 is 0 Å². The maximum atomic E-state index is 11.8. The van der Waals surface area contributed by atoms with Gasteiger partial charge in [-0.05, 0) is 6.42 Å². The van der Waals surface area contributed by atoms with Gasteiger partial charge in [0.15, 0.2) is 23.0 Å². The van der Waals surface area contributed by atoms with Crippen LogP contribution in [-0.4, -0.2) is 41.4 Å². The van der Waals surface area contributed by atoms with Gasteiger partial charge in [0.05, 0.1) is 0 Å². The molecular formula is C11H19N7O2. The largest absolute Gasteiger partial charge is 0.382 e. The van der Waals surface area contributed by atoms with Crippen molar-refractivity contribution in [2.45, 2.75) is 13.3 Å². The van der Waals surface area contributed by atoms with Crippen LogP contribution < -0.4 is 27.8 Å². The van der Waals surface area contributed by atoms with Gasteiger partial charge >= 0.3 is 0 Å². The Hall–Kier alpha value is -2.42. The van der Waals surface area contributed by atoms with E-state index in [1.54, 1.807) is 0 Å². The van der Waals surface area contributed by atoms with Crippen molar-refractivity contribution in [3.05, 3.63) is 11.4 Å². The molecule has 0 bridgehead atoms. The monoisotopic (exact) mass is 281 g/mol. The molecule has 1 heterocycles. The standard InChI is InChI=1S/C11H19N7O2/c1-2-4-15-10(19)6-8(13)18-7(9(14)17-6)11(20)16-5-3-12/h2-5,12H2,1H3,(H2,13,18)(H2,14,17)(H,15,19)(H,16,20). The minimum absolute atomic E-state index is 0.0914. The van der Waals surface area contributed by atoms with Crippen LogP contribution in [-0.2, 0) is 0 Å². The molecule has 0 unspecified atom stereocenters. The third-order valence-corrected chi connectivity index (χ3v) is 2.35. The number of carbonyl (C=O) groups is 2. The third-order valence-electron chi connectivity index (χ3n) is 2.35. The summed E-state index contributed by atoms with van der Waals surface area (Å²) in [6.07, 6.45) is 0.772. The smallest absolute Gasteiger partial charge is 0.273 e. The molecule has 20 heavy (non-hydrogen) atoms.